The Labute approximate surface area is 145 Å². The van der Waals surface area contributed by atoms with E-state index in [0.717, 1.165) is 10.4 Å². The first-order valence-electron chi connectivity index (χ1n) is 7.88. The Morgan fingerprint density at radius 1 is 1.24 bits per heavy atom. The predicted octanol–water partition coefficient (Wildman–Crippen LogP) is 3.28. The summed E-state index contributed by atoms with van der Waals surface area (Å²) >= 11 is 0. The minimum Gasteiger partial charge on any atom is -0.478 e. The molecule has 0 radical (unpaired) electrons. The Kier molecular flexibility index (Phi) is 4.28. The smallest absolute Gasteiger partial charge is 0.335 e. The summed E-state index contributed by atoms with van der Waals surface area (Å²) in [5.74, 6) is -1.80. The van der Waals surface area contributed by atoms with Gasteiger partial charge in [-0.15, -0.1) is 0 Å². The number of halogens is 1. The van der Waals surface area contributed by atoms with Crippen LogP contribution in [-0.2, 0) is 16.4 Å². The molecule has 1 aliphatic rings. The Morgan fingerprint density at radius 2 is 1.96 bits per heavy atom. The maximum atomic E-state index is 14.4. The molecule has 0 saturated heterocycles. The zero-order valence-corrected chi connectivity index (χ0v) is 14.7. The van der Waals surface area contributed by atoms with Crippen molar-refractivity contribution in [3.63, 3.8) is 0 Å². The number of para-hydroxylation sites is 1. The van der Waals surface area contributed by atoms with E-state index in [-0.39, 0.29) is 22.7 Å². The maximum Gasteiger partial charge on any atom is 0.335 e. The van der Waals surface area contributed by atoms with Crippen LogP contribution in [0.4, 0.5) is 10.1 Å². The molecular formula is C18H18FNO4S. The number of nitrogens with zero attached hydrogens (tertiary/aromatic N) is 1. The molecule has 1 aliphatic heterocycles. The number of carbonyl (C=O) groups is 1. The van der Waals surface area contributed by atoms with Gasteiger partial charge in [0.15, 0.2) is 0 Å². The van der Waals surface area contributed by atoms with E-state index >= 15 is 0 Å². The van der Waals surface area contributed by atoms with Crippen LogP contribution in [0.15, 0.2) is 35.2 Å². The number of anilines is 1. The molecule has 0 aliphatic carbocycles. The van der Waals surface area contributed by atoms with E-state index < -0.39 is 21.8 Å². The number of aromatic carboxylic acids is 1. The highest BCUT2D eigenvalue weighted by Crippen LogP contribution is 2.35. The summed E-state index contributed by atoms with van der Waals surface area (Å²) in [6.45, 7) is 3.44. The fraction of sp³-hybridized carbons (Fsp3) is 0.278. The fourth-order valence-electron chi connectivity index (χ4n) is 3.14. The molecule has 25 heavy (non-hydrogen) atoms. The van der Waals surface area contributed by atoms with Gasteiger partial charge in [-0.2, -0.15) is 0 Å². The van der Waals surface area contributed by atoms with Gasteiger partial charge in [0.25, 0.3) is 10.0 Å². The molecule has 3 rings (SSSR count). The minimum absolute atomic E-state index is 0.0616. The summed E-state index contributed by atoms with van der Waals surface area (Å²) in [6.07, 6.45) is 1.18. The molecule has 2 aromatic rings. The van der Waals surface area contributed by atoms with E-state index in [1.54, 1.807) is 26.0 Å². The fourth-order valence-corrected chi connectivity index (χ4v) is 5.02. The number of hydrogen-bond donors (Lipinski definition) is 1. The number of sulfonamides is 1. The van der Waals surface area contributed by atoms with Crippen LogP contribution in [0, 0.1) is 19.7 Å². The normalized spacial score (nSPS) is 14.3. The zero-order valence-electron chi connectivity index (χ0n) is 13.9. The van der Waals surface area contributed by atoms with Crippen molar-refractivity contribution in [3.05, 3.63) is 58.4 Å². The lowest BCUT2D eigenvalue weighted by Gasteiger charge is -2.31. The number of rotatable bonds is 3. The van der Waals surface area contributed by atoms with E-state index in [1.807, 2.05) is 0 Å². The molecule has 0 saturated carbocycles. The van der Waals surface area contributed by atoms with Crippen LogP contribution < -0.4 is 4.31 Å². The van der Waals surface area contributed by atoms with Crippen molar-refractivity contribution in [1.29, 1.82) is 0 Å². The third-order valence-corrected chi connectivity index (χ3v) is 6.49. The molecule has 0 unspecified atom stereocenters. The van der Waals surface area contributed by atoms with Crippen molar-refractivity contribution in [2.45, 2.75) is 31.6 Å². The lowest BCUT2D eigenvalue weighted by Crippen LogP contribution is -2.36. The zero-order chi connectivity index (χ0) is 18.4. The Balaban J connectivity index is 2.22. The van der Waals surface area contributed by atoms with Crippen LogP contribution in [0.1, 0.15) is 33.5 Å². The van der Waals surface area contributed by atoms with Crippen molar-refractivity contribution < 1.29 is 22.7 Å². The number of hydrogen-bond acceptors (Lipinski definition) is 3. The molecule has 0 fully saturated rings. The van der Waals surface area contributed by atoms with Gasteiger partial charge in [-0.3, -0.25) is 4.31 Å². The van der Waals surface area contributed by atoms with Crippen molar-refractivity contribution >= 4 is 21.7 Å². The number of fused-ring (bicyclic) bond motifs is 1. The average molecular weight is 363 g/mol. The summed E-state index contributed by atoms with van der Waals surface area (Å²) in [7, 11) is -4.08. The topological polar surface area (TPSA) is 74.7 Å². The average Bonchev–Trinajstić information content (AvgIpc) is 2.56. The lowest BCUT2D eigenvalue weighted by atomic mass is 10.0. The second-order valence-electron chi connectivity index (χ2n) is 6.15. The summed E-state index contributed by atoms with van der Waals surface area (Å²) in [4.78, 5) is 11.2. The Hall–Kier alpha value is -2.41. The highest BCUT2D eigenvalue weighted by atomic mass is 32.2. The van der Waals surface area contributed by atoms with E-state index in [9.17, 15) is 22.7 Å². The Morgan fingerprint density at radius 3 is 2.64 bits per heavy atom. The van der Waals surface area contributed by atoms with E-state index in [2.05, 4.69) is 0 Å². The standard InChI is InChI=1S/C18H18FNO4S/c1-11-9-14(18(21)22)10-16(12(11)2)25(23,24)20-8-4-6-13-5-3-7-15(19)17(13)20/h3,5,7,9-10H,4,6,8H2,1-2H3,(H,21,22). The third-order valence-electron chi connectivity index (χ3n) is 4.56. The largest absolute Gasteiger partial charge is 0.478 e. The van der Waals surface area contributed by atoms with Crippen LogP contribution in [-0.4, -0.2) is 26.0 Å². The van der Waals surface area contributed by atoms with Gasteiger partial charge in [0, 0.05) is 6.54 Å². The molecule has 0 amide bonds. The Bertz CT molecular complexity index is 969. The second kappa shape index (κ2) is 6.15. The molecule has 5 nitrogen and oxygen atoms in total. The predicted molar refractivity (Wildman–Crippen MR) is 92.1 cm³/mol. The van der Waals surface area contributed by atoms with E-state index in [4.69, 9.17) is 0 Å². The highest BCUT2D eigenvalue weighted by Gasteiger charge is 2.33. The first-order chi connectivity index (χ1) is 11.7. The van der Waals surface area contributed by atoms with Gasteiger partial charge < -0.3 is 5.11 Å². The van der Waals surface area contributed by atoms with Gasteiger partial charge in [0.05, 0.1) is 16.1 Å². The summed E-state index contributed by atoms with van der Waals surface area (Å²) in [5.41, 5.74) is 1.62. The van der Waals surface area contributed by atoms with Gasteiger partial charge >= 0.3 is 5.97 Å². The van der Waals surface area contributed by atoms with Crippen LogP contribution in [0.2, 0.25) is 0 Å². The SMILES string of the molecule is Cc1cc(C(=O)O)cc(S(=O)(=O)N2CCCc3cccc(F)c32)c1C. The van der Waals surface area contributed by atoms with Crippen LogP contribution in [0.3, 0.4) is 0 Å². The quantitative estimate of drug-likeness (QED) is 0.908. The van der Waals surface area contributed by atoms with E-state index in [1.165, 1.54) is 12.1 Å². The first kappa shape index (κ1) is 17.4. The number of carboxylic acid groups (broad SMARTS) is 1. The third kappa shape index (κ3) is 2.89. The highest BCUT2D eigenvalue weighted by molar-refractivity contribution is 7.92. The number of carboxylic acids is 1. The van der Waals surface area contributed by atoms with Gasteiger partial charge in [-0.25, -0.2) is 17.6 Å². The molecular weight excluding hydrogens is 345 g/mol. The maximum absolute atomic E-state index is 14.4. The van der Waals surface area contributed by atoms with Gasteiger partial charge in [-0.1, -0.05) is 12.1 Å². The summed E-state index contributed by atoms with van der Waals surface area (Å²) in [5, 5.41) is 9.23. The molecule has 0 atom stereocenters. The van der Waals surface area contributed by atoms with Crippen LogP contribution in [0.25, 0.3) is 0 Å². The van der Waals surface area contributed by atoms with Gasteiger partial charge in [-0.05, 0) is 61.6 Å². The second-order valence-corrected chi connectivity index (χ2v) is 7.98. The van der Waals surface area contributed by atoms with Crippen LogP contribution in [0.5, 0.6) is 0 Å². The van der Waals surface area contributed by atoms with Crippen molar-refractivity contribution in [1.82, 2.24) is 0 Å². The van der Waals surface area contributed by atoms with E-state index in [0.29, 0.717) is 29.5 Å². The molecule has 0 bridgehead atoms. The monoisotopic (exact) mass is 363 g/mol. The molecule has 0 spiro atoms. The number of benzene rings is 2. The van der Waals surface area contributed by atoms with Crippen molar-refractivity contribution in [2.24, 2.45) is 0 Å². The molecule has 7 heteroatoms. The van der Waals surface area contributed by atoms with Crippen molar-refractivity contribution in [3.8, 4) is 0 Å². The van der Waals surface area contributed by atoms with Crippen LogP contribution >= 0.6 is 0 Å². The number of aryl methyl sites for hydroxylation is 2. The summed E-state index contributed by atoms with van der Waals surface area (Å²) < 4.78 is 41.9. The summed E-state index contributed by atoms with van der Waals surface area (Å²) in [6, 6.07) is 7.09. The molecule has 1 heterocycles. The lowest BCUT2D eigenvalue weighted by molar-refractivity contribution is 0.0696. The molecule has 2 aromatic carbocycles. The first-order valence-corrected chi connectivity index (χ1v) is 9.32. The van der Waals surface area contributed by atoms with Gasteiger partial charge in [0.2, 0.25) is 0 Å². The minimum atomic E-state index is -4.08. The van der Waals surface area contributed by atoms with Gasteiger partial charge in [0.1, 0.15) is 5.82 Å². The molecule has 0 aromatic heterocycles. The molecule has 132 valence electrons. The van der Waals surface area contributed by atoms with Crippen molar-refractivity contribution in [2.75, 3.05) is 10.8 Å². The molecule has 1 N–H and O–H groups in total.